The molecule has 180 valence electrons. The molecule has 0 bridgehead atoms. The number of ether oxygens (including phenoxy) is 1. The Kier molecular flexibility index (Phi) is 6.46. The van der Waals surface area contributed by atoms with Crippen LogP contribution in [0.2, 0.25) is 0 Å². The van der Waals surface area contributed by atoms with Crippen LogP contribution in [0, 0.1) is 0 Å². The van der Waals surface area contributed by atoms with E-state index in [1.165, 1.54) is 5.69 Å². The third-order valence-electron chi connectivity index (χ3n) is 6.40. The van der Waals surface area contributed by atoms with E-state index >= 15 is 0 Å². The number of amides is 1. The number of carbonyl (C=O) groups is 1. The molecule has 0 radical (unpaired) electrons. The minimum atomic E-state index is -0.0518. The summed E-state index contributed by atoms with van der Waals surface area (Å²) in [6.07, 6.45) is 5.71. The van der Waals surface area contributed by atoms with Gasteiger partial charge in [-0.05, 0) is 62.8 Å². The average Bonchev–Trinajstić information content (AvgIpc) is 3.47. The molecule has 0 saturated heterocycles. The highest BCUT2D eigenvalue weighted by Gasteiger charge is 2.25. The summed E-state index contributed by atoms with van der Waals surface area (Å²) in [6, 6.07) is 13.8. The molecule has 8 nitrogen and oxygen atoms in total. The fourth-order valence-electron chi connectivity index (χ4n) is 4.46. The quantitative estimate of drug-likeness (QED) is 0.392. The Morgan fingerprint density at radius 1 is 1.06 bits per heavy atom. The second kappa shape index (κ2) is 9.84. The zero-order valence-electron chi connectivity index (χ0n) is 20.4. The van der Waals surface area contributed by atoms with Crippen LogP contribution in [0.5, 0.6) is 5.75 Å². The van der Waals surface area contributed by atoms with Gasteiger partial charge < -0.3 is 14.5 Å². The van der Waals surface area contributed by atoms with Gasteiger partial charge in [-0.1, -0.05) is 6.07 Å². The summed E-state index contributed by atoms with van der Waals surface area (Å²) >= 11 is 0. The Labute approximate surface area is 205 Å². The number of carbonyl (C=O) groups excluding carboxylic acids is 1. The average molecular weight is 471 g/mol. The van der Waals surface area contributed by atoms with Gasteiger partial charge in [0.15, 0.2) is 6.61 Å². The Bertz CT molecular complexity index is 1350. The van der Waals surface area contributed by atoms with Crippen molar-refractivity contribution in [3.05, 3.63) is 60.6 Å². The Morgan fingerprint density at radius 3 is 2.74 bits per heavy atom. The van der Waals surface area contributed by atoms with Crippen molar-refractivity contribution in [1.29, 1.82) is 0 Å². The van der Waals surface area contributed by atoms with Crippen LogP contribution in [0.25, 0.3) is 33.4 Å². The molecule has 1 aliphatic heterocycles. The van der Waals surface area contributed by atoms with Gasteiger partial charge in [0, 0.05) is 61.8 Å². The molecular formula is C27H30N6O2. The van der Waals surface area contributed by atoms with E-state index in [0.29, 0.717) is 12.3 Å². The molecule has 0 unspecified atom stereocenters. The molecule has 0 atom stereocenters. The molecule has 1 aliphatic rings. The first-order valence-electron chi connectivity index (χ1n) is 11.9. The van der Waals surface area contributed by atoms with E-state index in [1.807, 2.05) is 61.6 Å². The van der Waals surface area contributed by atoms with Crippen LogP contribution in [0.4, 0.5) is 0 Å². The van der Waals surface area contributed by atoms with Gasteiger partial charge in [-0.15, -0.1) is 0 Å². The number of pyridine rings is 2. The van der Waals surface area contributed by atoms with Crippen LogP contribution >= 0.6 is 0 Å². The molecule has 1 amide bonds. The summed E-state index contributed by atoms with van der Waals surface area (Å²) in [5, 5.41) is 5.94. The van der Waals surface area contributed by atoms with Crippen LogP contribution < -0.4 is 4.74 Å². The monoisotopic (exact) mass is 470 g/mol. The lowest BCUT2D eigenvalue weighted by molar-refractivity contribution is -0.132. The molecule has 3 aromatic heterocycles. The van der Waals surface area contributed by atoms with Crippen LogP contribution in [0.3, 0.4) is 0 Å². The van der Waals surface area contributed by atoms with Crippen molar-refractivity contribution in [3.8, 4) is 28.3 Å². The second-order valence-electron chi connectivity index (χ2n) is 9.16. The number of aryl methyl sites for hydroxylation is 1. The van der Waals surface area contributed by atoms with Gasteiger partial charge in [0.25, 0.3) is 5.91 Å². The number of fused-ring (bicyclic) bond motifs is 2. The molecule has 4 aromatic rings. The normalized spacial score (nSPS) is 12.8. The molecule has 0 fully saturated rings. The van der Waals surface area contributed by atoms with Crippen molar-refractivity contribution in [2.75, 3.05) is 40.8 Å². The molecule has 4 heterocycles. The van der Waals surface area contributed by atoms with E-state index in [9.17, 15) is 4.79 Å². The van der Waals surface area contributed by atoms with Gasteiger partial charge in [-0.25, -0.2) is 0 Å². The van der Waals surface area contributed by atoms with Crippen molar-refractivity contribution in [3.63, 3.8) is 0 Å². The second-order valence-corrected chi connectivity index (χ2v) is 9.16. The molecule has 35 heavy (non-hydrogen) atoms. The number of rotatable bonds is 8. The SMILES string of the molecule is CN(C)CCN(C)C(=O)COc1ccc2c(-c3c(-c4ccccn4)nn4c3CCC4)ccnc2c1. The van der Waals surface area contributed by atoms with E-state index < -0.39 is 0 Å². The Hall–Kier alpha value is -3.78. The van der Waals surface area contributed by atoms with Gasteiger partial charge >= 0.3 is 0 Å². The predicted octanol–water partition coefficient (Wildman–Crippen LogP) is 3.51. The van der Waals surface area contributed by atoms with Crippen molar-refractivity contribution in [1.82, 2.24) is 29.5 Å². The minimum Gasteiger partial charge on any atom is -0.484 e. The van der Waals surface area contributed by atoms with Crippen LogP contribution in [-0.4, -0.2) is 76.3 Å². The van der Waals surface area contributed by atoms with Gasteiger partial charge in [0.1, 0.15) is 11.4 Å². The highest BCUT2D eigenvalue weighted by atomic mass is 16.5. The standard InChI is InChI=1S/C27H30N6O2/c1-31(2)15-16-32(3)25(34)18-35-19-9-10-20-21(11-13-29-23(20)17-19)26-24-8-6-14-33(24)30-27(26)22-7-4-5-12-28-22/h4-5,7,9-13,17H,6,8,14-16,18H2,1-3H3. The zero-order chi connectivity index (χ0) is 24.4. The summed E-state index contributed by atoms with van der Waals surface area (Å²) in [7, 11) is 5.78. The highest BCUT2D eigenvalue weighted by molar-refractivity contribution is 5.99. The van der Waals surface area contributed by atoms with Crippen molar-refractivity contribution >= 4 is 16.8 Å². The topological polar surface area (TPSA) is 76.4 Å². The number of hydrogen-bond acceptors (Lipinski definition) is 6. The van der Waals surface area contributed by atoms with E-state index in [-0.39, 0.29) is 12.5 Å². The van der Waals surface area contributed by atoms with Crippen molar-refractivity contribution < 1.29 is 9.53 Å². The number of benzene rings is 1. The summed E-state index contributed by atoms with van der Waals surface area (Å²) in [6.45, 7) is 2.39. The third kappa shape index (κ3) is 4.74. The summed E-state index contributed by atoms with van der Waals surface area (Å²) in [5.74, 6) is 0.575. The molecule has 0 N–H and O–H groups in total. The lowest BCUT2D eigenvalue weighted by Gasteiger charge is -2.19. The molecular weight excluding hydrogens is 440 g/mol. The number of aromatic nitrogens is 4. The lowest BCUT2D eigenvalue weighted by Crippen LogP contribution is -2.36. The first kappa shape index (κ1) is 23.0. The molecule has 0 spiro atoms. The fourth-order valence-corrected chi connectivity index (χ4v) is 4.46. The number of likely N-dealkylation sites (N-methyl/N-ethyl adjacent to an activating group) is 2. The first-order chi connectivity index (χ1) is 17.0. The zero-order valence-corrected chi connectivity index (χ0v) is 20.4. The number of hydrogen-bond donors (Lipinski definition) is 0. The maximum atomic E-state index is 12.4. The molecule has 5 rings (SSSR count). The van der Waals surface area contributed by atoms with Gasteiger partial charge in [-0.3, -0.25) is 19.4 Å². The highest BCUT2D eigenvalue weighted by Crippen LogP contribution is 2.40. The third-order valence-corrected chi connectivity index (χ3v) is 6.40. The van der Waals surface area contributed by atoms with E-state index in [1.54, 1.807) is 18.1 Å². The largest absolute Gasteiger partial charge is 0.484 e. The maximum absolute atomic E-state index is 12.4. The smallest absolute Gasteiger partial charge is 0.260 e. The maximum Gasteiger partial charge on any atom is 0.260 e. The summed E-state index contributed by atoms with van der Waals surface area (Å²) < 4.78 is 7.94. The van der Waals surface area contributed by atoms with Gasteiger partial charge in [0.2, 0.25) is 0 Å². The predicted molar refractivity (Wildman–Crippen MR) is 136 cm³/mol. The van der Waals surface area contributed by atoms with Gasteiger partial charge in [-0.2, -0.15) is 5.10 Å². The first-order valence-corrected chi connectivity index (χ1v) is 11.9. The number of nitrogens with zero attached hydrogens (tertiary/aromatic N) is 6. The molecule has 8 heteroatoms. The van der Waals surface area contributed by atoms with Crippen molar-refractivity contribution in [2.45, 2.75) is 19.4 Å². The van der Waals surface area contributed by atoms with Crippen LogP contribution in [-0.2, 0) is 17.8 Å². The van der Waals surface area contributed by atoms with Gasteiger partial charge in [0.05, 0.1) is 11.2 Å². The fraction of sp³-hybridized carbons (Fsp3) is 0.333. The van der Waals surface area contributed by atoms with Crippen LogP contribution in [0.15, 0.2) is 54.9 Å². The van der Waals surface area contributed by atoms with Crippen LogP contribution in [0.1, 0.15) is 12.1 Å². The Balaban J connectivity index is 1.44. The van der Waals surface area contributed by atoms with E-state index in [4.69, 9.17) is 9.84 Å². The minimum absolute atomic E-state index is 0.00410. The molecule has 0 aliphatic carbocycles. The summed E-state index contributed by atoms with van der Waals surface area (Å²) in [5.41, 5.74) is 6.04. The summed E-state index contributed by atoms with van der Waals surface area (Å²) in [4.78, 5) is 25.3. The molecule has 0 saturated carbocycles. The van der Waals surface area contributed by atoms with Crippen molar-refractivity contribution in [2.24, 2.45) is 0 Å². The Morgan fingerprint density at radius 2 is 1.94 bits per heavy atom. The van der Waals surface area contributed by atoms with E-state index in [0.717, 1.165) is 59.3 Å². The molecule has 1 aromatic carbocycles. The lowest BCUT2D eigenvalue weighted by atomic mass is 9.96. The van der Waals surface area contributed by atoms with E-state index in [2.05, 4.69) is 20.7 Å².